The number of aldehydes is 1. The molecule has 0 aromatic rings. The second kappa shape index (κ2) is 9.64. The molecule has 0 N–H and O–H groups in total. The highest BCUT2D eigenvalue weighted by Gasteiger charge is 2.22. The first kappa shape index (κ1) is 17.0. The van der Waals surface area contributed by atoms with Crippen LogP contribution in [0.5, 0.6) is 0 Å². The van der Waals surface area contributed by atoms with Gasteiger partial charge in [-0.2, -0.15) is 0 Å². The summed E-state index contributed by atoms with van der Waals surface area (Å²) >= 11 is 0. The molecule has 0 heterocycles. The van der Waals surface area contributed by atoms with Gasteiger partial charge in [-0.15, -0.1) is 0 Å². The maximum atomic E-state index is 10.8. The topological polar surface area (TPSA) is 17.1 Å². The number of carbonyl (C=O) groups excluding carboxylic acids is 1. The van der Waals surface area contributed by atoms with Gasteiger partial charge >= 0.3 is 0 Å². The van der Waals surface area contributed by atoms with Crippen molar-refractivity contribution in [1.82, 2.24) is 0 Å². The average molecular weight is 293 g/mol. The third-order valence-electron chi connectivity index (χ3n) is 6.22. The summed E-state index contributed by atoms with van der Waals surface area (Å²) in [6, 6.07) is 0. The third kappa shape index (κ3) is 6.12. The van der Waals surface area contributed by atoms with Gasteiger partial charge in [0.15, 0.2) is 0 Å². The summed E-state index contributed by atoms with van der Waals surface area (Å²) in [4.78, 5) is 10.8. The number of carbonyl (C=O) groups is 1. The molecule has 0 saturated heterocycles. The highest BCUT2D eigenvalue weighted by molar-refractivity contribution is 5.53. The molecule has 122 valence electrons. The highest BCUT2D eigenvalue weighted by atomic mass is 16.1. The normalized spacial score (nSPS) is 33.8. The van der Waals surface area contributed by atoms with Gasteiger partial charge in [-0.25, -0.2) is 0 Å². The summed E-state index contributed by atoms with van der Waals surface area (Å²) in [7, 11) is 0. The van der Waals surface area contributed by atoms with Gasteiger partial charge in [0, 0.05) is 5.92 Å². The molecule has 21 heavy (non-hydrogen) atoms. The van der Waals surface area contributed by atoms with E-state index < -0.39 is 0 Å². The molecule has 1 heteroatoms. The Morgan fingerprint density at radius 2 is 1.14 bits per heavy atom. The van der Waals surface area contributed by atoms with Gasteiger partial charge in [0.2, 0.25) is 0 Å². The second-order valence-corrected chi connectivity index (χ2v) is 7.88. The molecule has 0 atom stereocenters. The third-order valence-corrected chi connectivity index (χ3v) is 6.22. The second-order valence-electron chi connectivity index (χ2n) is 7.88. The Morgan fingerprint density at radius 1 is 0.714 bits per heavy atom. The van der Waals surface area contributed by atoms with Crippen molar-refractivity contribution in [3.63, 3.8) is 0 Å². The molecule has 0 amide bonds. The molecule has 0 unspecified atom stereocenters. The van der Waals surface area contributed by atoms with Crippen LogP contribution in [-0.4, -0.2) is 6.29 Å². The van der Waals surface area contributed by atoms with E-state index in [-0.39, 0.29) is 0 Å². The summed E-state index contributed by atoms with van der Waals surface area (Å²) < 4.78 is 0. The quantitative estimate of drug-likeness (QED) is 0.387. The molecule has 2 aliphatic rings. The van der Waals surface area contributed by atoms with Crippen molar-refractivity contribution in [1.29, 1.82) is 0 Å². The molecule has 1 nitrogen and oxygen atoms in total. The van der Waals surface area contributed by atoms with Crippen molar-refractivity contribution >= 4 is 6.29 Å². The summed E-state index contributed by atoms with van der Waals surface area (Å²) in [5.74, 6) is 3.42. The Balaban J connectivity index is 1.48. The van der Waals surface area contributed by atoms with E-state index in [1.807, 2.05) is 0 Å². The van der Waals surface area contributed by atoms with E-state index in [0.29, 0.717) is 5.92 Å². The molecule has 2 aliphatic carbocycles. The SMILES string of the molecule is CCC[C@H]1CC[C@H](CCCC[C@H]2CC[C@H](C=O)CC2)CC1. The van der Waals surface area contributed by atoms with Crippen LogP contribution >= 0.6 is 0 Å². The van der Waals surface area contributed by atoms with Crippen LogP contribution in [0.3, 0.4) is 0 Å². The summed E-state index contributed by atoms with van der Waals surface area (Å²) in [5.41, 5.74) is 0. The molecule has 0 spiro atoms. The van der Waals surface area contributed by atoms with Crippen LogP contribution in [0.1, 0.15) is 96.8 Å². The van der Waals surface area contributed by atoms with Crippen molar-refractivity contribution in [3.8, 4) is 0 Å². The fourth-order valence-corrected chi connectivity index (χ4v) is 4.70. The Hall–Kier alpha value is -0.330. The van der Waals surface area contributed by atoms with Gasteiger partial charge in [0.05, 0.1) is 0 Å². The fourth-order valence-electron chi connectivity index (χ4n) is 4.70. The van der Waals surface area contributed by atoms with Crippen LogP contribution in [0.2, 0.25) is 0 Å². The van der Waals surface area contributed by atoms with Crippen LogP contribution in [-0.2, 0) is 4.79 Å². The number of hydrogen-bond acceptors (Lipinski definition) is 1. The molecule has 0 radical (unpaired) electrons. The van der Waals surface area contributed by atoms with Gasteiger partial charge < -0.3 is 4.79 Å². The van der Waals surface area contributed by atoms with Crippen LogP contribution in [0, 0.1) is 23.7 Å². The molecule has 0 aromatic heterocycles. The van der Waals surface area contributed by atoms with E-state index in [4.69, 9.17) is 0 Å². The Morgan fingerprint density at radius 3 is 1.57 bits per heavy atom. The molecule has 0 aliphatic heterocycles. The van der Waals surface area contributed by atoms with Crippen LogP contribution in [0.15, 0.2) is 0 Å². The summed E-state index contributed by atoms with van der Waals surface area (Å²) in [5, 5.41) is 0. The average Bonchev–Trinajstić information content (AvgIpc) is 2.54. The predicted octanol–water partition coefficient (Wildman–Crippen LogP) is 6.16. The Kier molecular flexibility index (Phi) is 7.82. The minimum Gasteiger partial charge on any atom is -0.303 e. The van der Waals surface area contributed by atoms with Crippen molar-refractivity contribution in [2.45, 2.75) is 96.8 Å². The lowest BCUT2D eigenvalue weighted by molar-refractivity contribution is -0.112. The van der Waals surface area contributed by atoms with E-state index in [9.17, 15) is 4.79 Å². The summed E-state index contributed by atoms with van der Waals surface area (Å²) in [6.07, 6.45) is 20.8. The van der Waals surface area contributed by atoms with Gasteiger partial charge in [-0.3, -0.25) is 0 Å². The van der Waals surface area contributed by atoms with E-state index in [1.54, 1.807) is 0 Å². The monoisotopic (exact) mass is 292 g/mol. The maximum absolute atomic E-state index is 10.8. The molecule has 0 aromatic carbocycles. The van der Waals surface area contributed by atoms with Gasteiger partial charge in [0.25, 0.3) is 0 Å². The van der Waals surface area contributed by atoms with Crippen molar-refractivity contribution < 1.29 is 4.79 Å². The lowest BCUT2D eigenvalue weighted by Gasteiger charge is -2.29. The smallest absolute Gasteiger partial charge is 0.123 e. The molecular weight excluding hydrogens is 256 g/mol. The molecule has 0 bridgehead atoms. The van der Waals surface area contributed by atoms with Crippen molar-refractivity contribution in [3.05, 3.63) is 0 Å². The fraction of sp³-hybridized carbons (Fsp3) is 0.950. The zero-order valence-corrected chi connectivity index (χ0v) is 14.2. The van der Waals surface area contributed by atoms with Crippen LogP contribution < -0.4 is 0 Å². The minimum atomic E-state index is 0.388. The van der Waals surface area contributed by atoms with Gasteiger partial charge in [0.1, 0.15) is 6.29 Å². The number of unbranched alkanes of at least 4 members (excludes halogenated alkanes) is 1. The van der Waals surface area contributed by atoms with Crippen molar-refractivity contribution in [2.75, 3.05) is 0 Å². The Labute approximate surface area is 132 Å². The zero-order chi connectivity index (χ0) is 14.9. The molecular formula is C20H36O. The zero-order valence-electron chi connectivity index (χ0n) is 14.2. The Bertz CT molecular complexity index is 270. The summed E-state index contributed by atoms with van der Waals surface area (Å²) in [6.45, 7) is 2.33. The predicted molar refractivity (Wildman–Crippen MR) is 90.3 cm³/mol. The van der Waals surface area contributed by atoms with E-state index in [0.717, 1.165) is 30.6 Å². The van der Waals surface area contributed by atoms with Crippen LogP contribution in [0.25, 0.3) is 0 Å². The molecule has 2 saturated carbocycles. The lowest BCUT2D eigenvalue weighted by atomic mass is 9.77. The van der Waals surface area contributed by atoms with Crippen molar-refractivity contribution in [2.24, 2.45) is 23.7 Å². The first-order chi connectivity index (χ1) is 10.3. The van der Waals surface area contributed by atoms with E-state index in [1.165, 1.54) is 83.3 Å². The highest BCUT2D eigenvalue weighted by Crippen LogP contribution is 2.35. The van der Waals surface area contributed by atoms with Crippen LogP contribution in [0.4, 0.5) is 0 Å². The van der Waals surface area contributed by atoms with E-state index >= 15 is 0 Å². The number of rotatable bonds is 8. The largest absolute Gasteiger partial charge is 0.303 e. The minimum absolute atomic E-state index is 0.388. The molecule has 2 rings (SSSR count). The lowest BCUT2D eigenvalue weighted by Crippen LogP contribution is -2.16. The van der Waals surface area contributed by atoms with Gasteiger partial charge in [-0.05, 0) is 43.4 Å². The molecule has 2 fully saturated rings. The first-order valence-electron chi connectivity index (χ1n) is 9.77. The standard InChI is InChI=1S/C20H36O/c1-2-5-17-8-10-18(11-9-17)6-3-4-7-19-12-14-20(16-21)15-13-19/h16-20H,2-15H2,1H3/t17-,18-,19-,20-. The maximum Gasteiger partial charge on any atom is 0.123 e. The number of hydrogen-bond donors (Lipinski definition) is 0. The van der Waals surface area contributed by atoms with Gasteiger partial charge in [-0.1, -0.05) is 71.1 Å². The van der Waals surface area contributed by atoms with E-state index in [2.05, 4.69) is 6.92 Å². The first-order valence-corrected chi connectivity index (χ1v) is 9.77.